The van der Waals surface area contributed by atoms with Crippen molar-refractivity contribution >= 4 is 40.4 Å². The summed E-state index contributed by atoms with van der Waals surface area (Å²) in [5.41, 5.74) is 5.51. The fourth-order valence-electron chi connectivity index (χ4n) is 5.41. The number of ether oxygens (including phenoxy) is 4. The van der Waals surface area contributed by atoms with Gasteiger partial charge in [-0.25, -0.2) is 29.2 Å². The highest BCUT2D eigenvalue weighted by Crippen LogP contribution is 2.46. The Balaban J connectivity index is 1.45. The highest BCUT2D eigenvalue weighted by Gasteiger charge is 2.60. The summed E-state index contributed by atoms with van der Waals surface area (Å²) in [7, 11) is 0. The summed E-state index contributed by atoms with van der Waals surface area (Å²) in [4.78, 5) is 52.0. The monoisotopic (exact) mass is 617 g/mol. The minimum absolute atomic E-state index is 0.0659. The van der Waals surface area contributed by atoms with Crippen molar-refractivity contribution in [1.82, 2.24) is 14.5 Å². The Labute approximate surface area is 263 Å². The van der Waals surface area contributed by atoms with Gasteiger partial charge >= 0.3 is 17.9 Å². The van der Waals surface area contributed by atoms with Crippen molar-refractivity contribution in [1.29, 1.82) is 0 Å². The number of fused-ring (bicyclic) bond motifs is 1. The molecule has 1 saturated heterocycles. The maximum Gasteiger partial charge on any atom is 0.338 e. The van der Waals surface area contributed by atoms with E-state index >= 15 is 0 Å². The number of aromatic nitrogens is 3. The van der Waals surface area contributed by atoms with Gasteiger partial charge in [0, 0.05) is 6.20 Å². The maximum absolute atomic E-state index is 13.6. The van der Waals surface area contributed by atoms with E-state index in [-0.39, 0.29) is 40.3 Å². The number of esters is 3. The number of benzene rings is 3. The Bertz CT molecular complexity index is 1940. The summed E-state index contributed by atoms with van der Waals surface area (Å²) >= 11 is 0. The molecule has 2 unspecified atom stereocenters. The lowest BCUT2D eigenvalue weighted by atomic mass is 9.95. The van der Waals surface area contributed by atoms with E-state index in [1.54, 1.807) is 97.9 Å². The summed E-state index contributed by atoms with van der Waals surface area (Å²) in [5, 5.41) is 0.273. The summed E-state index contributed by atoms with van der Waals surface area (Å²) in [6.07, 6.45) is -0.991. The number of carbonyl (C=O) groups excluding carboxylic acids is 3. The van der Waals surface area contributed by atoms with Crippen LogP contribution in [0.2, 0.25) is 0 Å². The molecule has 0 spiro atoms. The van der Waals surface area contributed by atoms with Gasteiger partial charge in [-0.1, -0.05) is 54.6 Å². The zero-order valence-electron chi connectivity index (χ0n) is 24.5. The number of nitrogens with two attached hydrogens (primary N) is 1. The van der Waals surface area contributed by atoms with Crippen molar-refractivity contribution in [3.8, 4) is 0 Å². The molecular formula is C34H27N5O7. The fraction of sp³-hybridized carbons (Fsp3) is 0.176. The average molecular weight is 618 g/mol. The third kappa shape index (κ3) is 5.62. The second-order valence-corrected chi connectivity index (χ2v) is 10.6. The highest BCUT2D eigenvalue weighted by atomic mass is 16.7. The molecule has 0 saturated carbocycles. The van der Waals surface area contributed by atoms with Crippen LogP contribution in [0.1, 0.15) is 44.2 Å². The van der Waals surface area contributed by atoms with Gasteiger partial charge in [0.15, 0.2) is 17.9 Å². The van der Waals surface area contributed by atoms with Crippen molar-refractivity contribution in [2.45, 2.75) is 31.0 Å². The van der Waals surface area contributed by atoms with Gasteiger partial charge in [0.1, 0.15) is 30.5 Å². The van der Waals surface area contributed by atoms with Gasteiger partial charge in [0.05, 0.1) is 28.6 Å². The zero-order valence-corrected chi connectivity index (χ0v) is 24.5. The van der Waals surface area contributed by atoms with Crippen LogP contribution >= 0.6 is 0 Å². The third-order valence-corrected chi connectivity index (χ3v) is 7.64. The summed E-state index contributed by atoms with van der Waals surface area (Å²) in [6, 6.07) is 24.9. The zero-order chi connectivity index (χ0) is 32.3. The van der Waals surface area contributed by atoms with Crippen LogP contribution in [-0.4, -0.2) is 56.9 Å². The minimum Gasteiger partial charge on any atom is -0.459 e. The van der Waals surface area contributed by atoms with Crippen LogP contribution in [0.5, 0.6) is 0 Å². The largest absolute Gasteiger partial charge is 0.459 e. The Kier molecular flexibility index (Phi) is 8.15. The van der Waals surface area contributed by atoms with Crippen molar-refractivity contribution in [3.63, 3.8) is 0 Å². The predicted molar refractivity (Wildman–Crippen MR) is 165 cm³/mol. The number of hydrogen-bond donors (Lipinski definition) is 1. The first-order valence-electron chi connectivity index (χ1n) is 14.2. The van der Waals surface area contributed by atoms with E-state index in [9.17, 15) is 14.4 Å². The fourth-order valence-corrected chi connectivity index (χ4v) is 5.41. The molecule has 0 aliphatic carbocycles. The molecule has 12 heteroatoms. The standard InChI is InChI=1S/C34H27N5O7/c1-34(46-32(42)23-16-10-5-11-17-23)27(45-31(41)22-14-8-4-9-15-22)25(19-43-30(40)21-12-6-3-7-13-21)44-33(34)39-18-24(36-2)26-28(35)37-20-38-29(26)39/h3-18,20,25,27,33H,19H2,1H3,(H2,35,37,38)/t25?,27?,33-,34-/m1/s1. The molecular weight excluding hydrogens is 590 g/mol. The van der Waals surface area contributed by atoms with E-state index in [4.69, 9.17) is 31.3 Å². The smallest absolute Gasteiger partial charge is 0.338 e. The molecule has 2 N–H and O–H groups in total. The third-order valence-electron chi connectivity index (χ3n) is 7.64. The lowest BCUT2D eigenvalue weighted by Crippen LogP contribution is -2.50. The van der Waals surface area contributed by atoms with E-state index in [1.807, 2.05) is 0 Å². The first-order chi connectivity index (χ1) is 22.3. The number of carbonyl (C=O) groups is 3. The average Bonchev–Trinajstić information content (AvgIpc) is 3.59. The van der Waals surface area contributed by atoms with E-state index in [0.717, 1.165) is 0 Å². The van der Waals surface area contributed by atoms with Gasteiger partial charge in [0.25, 0.3) is 0 Å². The Morgan fingerprint density at radius 3 is 2.04 bits per heavy atom. The van der Waals surface area contributed by atoms with Gasteiger partial charge in [-0.2, -0.15) is 0 Å². The highest BCUT2D eigenvalue weighted by molar-refractivity contribution is 5.98. The number of rotatable bonds is 8. The topological polar surface area (TPSA) is 149 Å². The number of nitrogen functional groups attached to an aromatic ring is 1. The first-order valence-corrected chi connectivity index (χ1v) is 14.2. The minimum atomic E-state index is -1.76. The summed E-state index contributed by atoms with van der Waals surface area (Å²) in [6.45, 7) is 8.92. The van der Waals surface area contributed by atoms with Crippen LogP contribution in [0.3, 0.4) is 0 Å². The van der Waals surface area contributed by atoms with Crippen molar-refractivity contribution < 1.29 is 33.3 Å². The van der Waals surface area contributed by atoms with Crippen LogP contribution in [0.15, 0.2) is 104 Å². The van der Waals surface area contributed by atoms with Crippen molar-refractivity contribution in [2.24, 2.45) is 0 Å². The van der Waals surface area contributed by atoms with Gasteiger partial charge < -0.3 is 29.2 Å². The molecule has 1 aliphatic rings. The molecule has 0 bridgehead atoms. The molecule has 46 heavy (non-hydrogen) atoms. The molecule has 5 aromatic rings. The molecule has 3 heterocycles. The van der Waals surface area contributed by atoms with Gasteiger partial charge in [-0.3, -0.25) is 0 Å². The Morgan fingerprint density at radius 1 is 0.891 bits per heavy atom. The molecule has 230 valence electrons. The predicted octanol–water partition coefficient (Wildman–Crippen LogP) is 5.16. The molecule has 1 fully saturated rings. The van der Waals surface area contributed by atoms with E-state index in [2.05, 4.69) is 14.8 Å². The quantitative estimate of drug-likeness (QED) is 0.141. The Hall–Kier alpha value is -6.06. The molecule has 0 radical (unpaired) electrons. The van der Waals surface area contributed by atoms with Crippen LogP contribution in [0, 0.1) is 6.57 Å². The van der Waals surface area contributed by atoms with Gasteiger partial charge in [0.2, 0.25) is 5.69 Å². The Morgan fingerprint density at radius 2 is 1.46 bits per heavy atom. The second kappa shape index (κ2) is 12.5. The second-order valence-electron chi connectivity index (χ2n) is 10.6. The van der Waals surface area contributed by atoms with Gasteiger partial charge in [-0.05, 0) is 43.3 Å². The lowest BCUT2D eigenvalue weighted by Gasteiger charge is -2.35. The molecule has 4 atom stereocenters. The van der Waals surface area contributed by atoms with Crippen molar-refractivity contribution in [2.75, 3.05) is 12.3 Å². The maximum atomic E-state index is 13.6. The molecule has 1 aliphatic heterocycles. The number of anilines is 1. The summed E-state index contributed by atoms with van der Waals surface area (Å²) in [5.74, 6) is -2.01. The van der Waals surface area contributed by atoms with Crippen molar-refractivity contribution in [3.05, 3.63) is 132 Å². The molecule has 2 aromatic heterocycles. The lowest BCUT2D eigenvalue weighted by molar-refractivity contribution is -0.108. The van der Waals surface area contributed by atoms with Gasteiger partial charge in [-0.15, -0.1) is 0 Å². The van der Waals surface area contributed by atoms with Crippen LogP contribution in [0.4, 0.5) is 11.5 Å². The van der Waals surface area contributed by atoms with Crippen LogP contribution < -0.4 is 5.73 Å². The van der Waals surface area contributed by atoms with E-state index < -0.39 is 41.9 Å². The molecule has 12 nitrogen and oxygen atoms in total. The number of nitrogens with zero attached hydrogens (tertiary/aromatic N) is 4. The van der Waals surface area contributed by atoms with Crippen LogP contribution in [-0.2, 0) is 18.9 Å². The number of hydrogen-bond acceptors (Lipinski definition) is 10. The van der Waals surface area contributed by atoms with E-state index in [0.29, 0.717) is 5.56 Å². The van der Waals surface area contributed by atoms with E-state index in [1.165, 1.54) is 17.1 Å². The SMILES string of the molecule is [C-]#[N+]c1cn([C@@H]2OC(COC(=O)c3ccccc3)C(OC(=O)c3ccccc3)[C@@]2(C)OC(=O)c2ccccc2)c2ncnc(N)c12. The molecule has 3 aromatic carbocycles. The molecule has 6 rings (SSSR count). The first kappa shape index (κ1) is 30.0. The van der Waals surface area contributed by atoms with Crippen LogP contribution in [0.25, 0.3) is 15.9 Å². The molecule has 0 amide bonds. The normalized spacial score (nSPS) is 20.5. The summed E-state index contributed by atoms with van der Waals surface area (Å²) < 4.78 is 25.8.